The molecule has 1 aromatic rings. The standard InChI is InChI=1S/C19H23N3O4/c1-12-4-2-3-8-19(12)17(24)22(18(25)21-19)11-16(23)20-14-5-6-15-13(10-14)7-9-26-15/h5-6,10,12H,2-4,7-9,11H2,1H3,(H,20,23)(H,21,25). The Hall–Kier alpha value is -2.57. The molecule has 7 nitrogen and oxygen atoms in total. The molecule has 1 spiro atoms. The molecule has 2 fully saturated rings. The first-order valence-electron chi connectivity index (χ1n) is 9.19. The van der Waals surface area contributed by atoms with Crippen molar-refractivity contribution in [2.24, 2.45) is 5.92 Å². The van der Waals surface area contributed by atoms with Gasteiger partial charge in [-0.25, -0.2) is 4.79 Å². The fourth-order valence-electron chi connectivity index (χ4n) is 4.25. The van der Waals surface area contributed by atoms with Crippen LogP contribution in [0.5, 0.6) is 5.75 Å². The topological polar surface area (TPSA) is 87.7 Å². The molecule has 7 heteroatoms. The summed E-state index contributed by atoms with van der Waals surface area (Å²) in [5.41, 5.74) is 0.861. The van der Waals surface area contributed by atoms with Crippen LogP contribution in [0.2, 0.25) is 0 Å². The number of anilines is 1. The summed E-state index contributed by atoms with van der Waals surface area (Å²) in [4.78, 5) is 38.7. The van der Waals surface area contributed by atoms with E-state index in [2.05, 4.69) is 10.6 Å². The molecule has 3 aliphatic rings. The molecule has 1 aromatic carbocycles. The number of imide groups is 1. The molecular weight excluding hydrogens is 334 g/mol. The molecule has 2 heterocycles. The van der Waals surface area contributed by atoms with Gasteiger partial charge in [0, 0.05) is 12.1 Å². The van der Waals surface area contributed by atoms with E-state index in [1.165, 1.54) is 0 Å². The molecule has 1 aliphatic carbocycles. The molecule has 26 heavy (non-hydrogen) atoms. The maximum atomic E-state index is 12.9. The molecule has 2 unspecified atom stereocenters. The fraction of sp³-hybridized carbons (Fsp3) is 0.526. The number of carbonyl (C=O) groups excluding carboxylic acids is 3. The van der Waals surface area contributed by atoms with E-state index in [1.807, 2.05) is 19.1 Å². The number of urea groups is 1. The normalized spacial score (nSPS) is 27.3. The first-order chi connectivity index (χ1) is 12.5. The summed E-state index contributed by atoms with van der Waals surface area (Å²) in [6.07, 6.45) is 4.33. The van der Waals surface area contributed by atoms with Gasteiger partial charge >= 0.3 is 6.03 Å². The maximum absolute atomic E-state index is 12.9. The zero-order valence-electron chi connectivity index (χ0n) is 14.8. The van der Waals surface area contributed by atoms with Crippen LogP contribution in [0.1, 0.15) is 38.2 Å². The second-order valence-corrected chi connectivity index (χ2v) is 7.41. The highest BCUT2D eigenvalue weighted by Crippen LogP contribution is 2.38. The van der Waals surface area contributed by atoms with Gasteiger partial charge in [-0.1, -0.05) is 19.8 Å². The fourth-order valence-corrected chi connectivity index (χ4v) is 4.25. The third-order valence-electron chi connectivity index (χ3n) is 5.78. The van der Waals surface area contributed by atoms with Crippen molar-refractivity contribution in [2.75, 3.05) is 18.5 Å². The van der Waals surface area contributed by atoms with E-state index in [4.69, 9.17) is 4.74 Å². The molecule has 1 saturated heterocycles. The molecular formula is C19H23N3O4. The van der Waals surface area contributed by atoms with Gasteiger partial charge in [0.1, 0.15) is 17.8 Å². The number of carbonyl (C=O) groups is 3. The van der Waals surface area contributed by atoms with Crippen molar-refractivity contribution in [3.63, 3.8) is 0 Å². The summed E-state index contributed by atoms with van der Waals surface area (Å²) < 4.78 is 5.45. The predicted molar refractivity (Wildman–Crippen MR) is 94.9 cm³/mol. The summed E-state index contributed by atoms with van der Waals surface area (Å²) in [5, 5.41) is 5.64. The molecule has 4 rings (SSSR count). The molecule has 2 N–H and O–H groups in total. The lowest BCUT2D eigenvalue weighted by Gasteiger charge is -2.36. The highest BCUT2D eigenvalue weighted by molar-refractivity contribution is 6.10. The Morgan fingerprint density at radius 3 is 3.04 bits per heavy atom. The van der Waals surface area contributed by atoms with Crippen molar-refractivity contribution >= 4 is 23.5 Å². The smallest absolute Gasteiger partial charge is 0.325 e. The van der Waals surface area contributed by atoms with E-state index in [1.54, 1.807) is 6.07 Å². The lowest BCUT2D eigenvalue weighted by Crippen LogP contribution is -2.54. The molecule has 4 amide bonds. The molecule has 0 aromatic heterocycles. The van der Waals surface area contributed by atoms with E-state index < -0.39 is 11.6 Å². The largest absolute Gasteiger partial charge is 0.493 e. The van der Waals surface area contributed by atoms with Crippen LogP contribution < -0.4 is 15.4 Å². The van der Waals surface area contributed by atoms with Crippen molar-refractivity contribution in [3.8, 4) is 5.75 Å². The van der Waals surface area contributed by atoms with E-state index in [9.17, 15) is 14.4 Å². The minimum Gasteiger partial charge on any atom is -0.493 e. The predicted octanol–water partition coefficient (Wildman–Crippen LogP) is 2.06. The molecule has 2 atom stereocenters. The SMILES string of the molecule is CC1CCCCC12NC(=O)N(CC(=O)Nc1ccc3c(c1)CCO3)C2=O. The third-order valence-corrected chi connectivity index (χ3v) is 5.78. The highest BCUT2D eigenvalue weighted by Gasteiger charge is 2.55. The van der Waals surface area contributed by atoms with E-state index in [0.717, 1.165) is 41.9 Å². The minimum absolute atomic E-state index is 0.0810. The average molecular weight is 357 g/mol. The van der Waals surface area contributed by atoms with E-state index in [-0.39, 0.29) is 24.3 Å². The number of fused-ring (bicyclic) bond motifs is 1. The monoisotopic (exact) mass is 357 g/mol. The lowest BCUT2D eigenvalue weighted by atomic mass is 9.73. The van der Waals surface area contributed by atoms with Gasteiger partial charge in [-0.3, -0.25) is 14.5 Å². The van der Waals surface area contributed by atoms with Crippen LogP contribution >= 0.6 is 0 Å². The molecule has 0 bridgehead atoms. The molecule has 138 valence electrons. The van der Waals surface area contributed by atoms with E-state index >= 15 is 0 Å². The quantitative estimate of drug-likeness (QED) is 0.811. The van der Waals surface area contributed by atoms with Gasteiger partial charge in [-0.15, -0.1) is 0 Å². The van der Waals surface area contributed by atoms with Crippen LogP contribution in [0.15, 0.2) is 18.2 Å². The van der Waals surface area contributed by atoms with Crippen LogP contribution in [0.3, 0.4) is 0 Å². The molecule has 2 aliphatic heterocycles. The zero-order valence-corrected chi connectivity index (χ0v) is 14.8. The summed E-state index contributed by atoms with van der Waals surface area (Å²) in [6, 6.07) is 4.99. The van der Waals surface area contributed by atoms with Crippen molar-refractivity contribution in [2.45, 2.75) is 44.6 Å². The van der Waals surface area contributed by atoms with Gasteiger partial charge < -0.3 is 15.4 Å². The van der Waals surface area contributed by atoms with Gasteiger partial charge in [0.15, 0.2) is 0 Å². The Bertz CT molecular complexity index is 778. The van der Waals surface area contributed by atoms with Crippen LogP contribution in [-0.2, 0) is 16.0 Å². The second kappa shape index (κ2) is 6.30. The molecule has 1 saturated carbocycles. The number of ether oxygens (including phenoxy) is 1. The average Bonchev–Trinajstić information content (AvgIpc) is 3.16. The number of hydrogen-bond donors (Lipinski definition) is 2. The Balaban J connectivity index is 1.44. The van der Waals surface area contributed by atoms with Crippen LogP contribution in [0.4, 0.5) is 10.5 Å². The van der Waals surface area contributed by atoms with Crippen molar-refractivity contribution < 1.29 is 19.1 Å². The Morgan fingerprint density at radius 2 is 2.23 bits per heavy atom. The number of rotatable bonds is 3. The summed E-state index contributed by atoms with van der Waals surface area (Å²) in [5.74, 6) is 0.267. The number of hydrogen-bond acceptors (Lipinski definition) is 4. The summed E-state index contributed by atoms with van der Waals surface area (Å²) in [7, 11) is 0. The second-order valence-electron chi connectivity index (χ2n) is 7.41. The molecule has 0 radical (unpaired) electrons. The summed E-state index contributed by atoms with van der Waals surface area (Å²) >= 11 is 0. The minimum atomic E-state index is -0.833. The van der Waals surface area contributed by atoms with Gasteiger partial charge in [-0.05, 0) is 42.5 Å². The third kappa shape index (κ3) is 2.71. The Kier molecular flexibility index (Phi) is 4.09. The van der Waals surface area contributed by atoms with Crippen molar-refractivity contribution in [1.82, 2.24) is 10.2 Å². The summed E-state index contributed by atoms with van der Waals surface area (Å²) in [6.45, 7) is 2.37. The van der Waals surface area contributed by atoms with Gasteiger partial charge in [0.05, 0.1) is 6.61 Å². The maximum Gasteiger partial charge on any atom is 0.325 e. The van der Waals surface area contributed by atoms with Gasteiger partial charge in [-0.2, -0.15) is 0 Å². The van der Waals surface area contributed by atoms with Crippen molar-refractivity contribution in [1.29, 1.82) is 0 Å². The lowest BCUT2D eigenvalue weighted by molar-refractivity contribution is -0.136. The van der Waals surface area contributed by atoms with Crippen molar-refractivity contribution in [3.05, 3.63) is 23.8 Å². The number of nitrogens with one attached hydrogen (secondary N) is 2. The first-order valence-corrected chi connectivity index (χ1v) is 9.19. The van der Waals surface area contributed by atoms with Gasteiger partial charge in [0.25, 0.3) is 5.91 Å². The zero-order chi connectivity index (χ0) is 18.3. The van der Waals surface area contributed by atoms with E-state index in [0.29, 0.717) is 18.7 Å². The number of amides is 4. The van der Waals surface area contributed by atoms with Crippen LogP contribution in [0, 0.1) is 5.92 Å². The van der Waals surface area contributed by atoms with Crippen LogP contribution in [-0.4, -0.2) is 41.4 Å². The first kappa shape index (κ1) is 16.9. The van der Waals surface area contributed by atoms with Crippen LogP contribution in [0.25, 0.3) is 0 Å². The van der Waals surface area contributed by atoms with Gasteiger partial charge in [0.2, 0.25) is 5.91 Å². The Morgan fingerprint density at radius 1 is 1.38 bits per heavy atom. The number of nitrogens with zero attached hydrogens (tertiary/aromatic N) is 1. The Labute approximate surface area is 152 Å². The number of benzene rings is 1. The highest BCUT2D eigenvalue weighted by atomic mass is 16.5.